The number of nitrogens with one attached hydrogen (secondary N) is 1. The number of carbonyl (C=O) groups excluding carboxylic acids is 3. The lowest BCUT2D eigenvalue weighted by atomic mass is 10.0. The van der Waals surface area contributed by atoms with E-state index >= 15 is 0 Å². The average Bonchev–Trinajstić information content (AvgIpc) is 3.09. The molecular formula is C26H38N4O8S. The van der Waals surface area contributed by atoms with Gasteiger partial charge in [-0.05, 0) is 51.0 Å². The van der Waals surface area contributed by atoms with E-state index in [1.54, 1.807) is 6.92 Å². The summed E-state index contributed by atoms with van der Waals surface area (Å²) in [6.07, 6.45) is 3.66. The molecule has 3 unspecified atom stereocenters. The smallest absolute Gasteiger partial charge is 0.330 e. The van der Waals surface area contributed by atoms with Crippen LogP contribution in [-0.4, -0.2) is 95.5 Å². The predicted octanol–water partition coefficient (Wildman–Crippen LogP) is 2.00. The molecule has 39 heavy (non-hydrogen) atoms. The highest BCUT2D eigenvalue weighted by Crippen LogP contribution is 2.25. The number of thioether (sulfide) groups is 1. The Hall–Kier alpha value is -2.90. The van der Waals surface area contributed by atoms with Crippen LogP contribution in [0, 0.1) is 10.1 Å². The number of aryl methyl sites for hydroxylation is 1. The summed E-state index contributed by atoms with van der Waals surface area (Å²) in [5.74, 6) is -0.238. The Bertz CT molecular complexity index is 953. The van der Waals surface area contributed by atoms with Crippen LogP contribution in [-0.2, 0) is 35.1 Å². The van der Waals surface area contributed by atoms with Crippen molar-refractivity contribution in [2.24, 2.45) is 0 Å². The summed E-state index contributed by atoms with van der Waals surface area (Å²) < 4.78 is 10.8. The van der Waals surface area contributed by atoms with E-state index in [1.807, 2.05) is 35.3 Å². The molecule has 2 aliphatic rings. The number of nitrogens with zero attached hydrogens (tertiary/aromatic N) is 3. The SMILES string of the molecule is CCOC(=O)C(CCc1ccccc1)NC1CCCN2CCCC(C(=O)OCCSCCO[N+](=O)[O-])N2C1=O. The maximum atomic E-state index is 13.8. The van der Waals surface area contributed by atoms with Gasteiger partial charge in [-0.15, -0.1) is 10.1 Å². The fourth-order valence-electron chi connectivity index (χ4n) is 4.82. The van der Waals surface area contributed by atoms with E-state index in [4.69, 9.17) is 9.47 Å². The summed E-state index contributed by atoms with van der Waals surface area (Å²) in [5, 5.41) is 16.1. The molecule has 3 atom stereocenters. The van der Waals surface area contributed by atoms with Crippen molar-refractivity contribution in [1.82, 2.24) is 15.3 Å². The predicted molar refractivity (Wildman–Crippen MR) is 144 cm³/mol. The lowest BCUT2D eigenvalue weighted by Gasteiger charge is -2.42. The Morgan fingerprint density at radius 2 is 1.85 bits per heavy atom. The Balaban J connectivity index is 1.61. The van der Waals surface area contributed by atoms with Gasteiger partial charge in [-0.2, -0.15) is 11.8 Å². The van der Waals surface area contributed by atoms with Crippen LogP contribution in [0.4, 0.5) is 0 Å². The normalized spacial score (nSPS) is 20.4. The van der Waals surface area contributed by atoms with E-state index in [-0.39, 0.29) is 25.7 Å². The summed E-state index contributed by atoms with van der Waals surface area (Å²) in [6.45, 7) is 3.40. The molecule has 2 saturated heterocycles. The lowest BCUT2D eigenvalue weighted by Crippen LogP contribution is -2.62. The number of ether oxygens (including phenoxy) is 2. The van der Waals surface area contributed by atoms with Crippen molar-refractivity contribution < 1.29 is 33.8 Å². The minimum absolute atomic E-state index is 0.0298. The largest absolute Gasteiger partial charge is 0.465 e. The van der Waals surface area contributed by atoms with Crippen LogP contribution < -0.4 is 5.32 Å². The van der Waals surface area contributed by atoms with Crippen molar-refractivity contribution in [3.8, 4) is 0 Å². The molecule has 0 bridgehead atoms. The molecule has 13 heteroatoms. The molecule has 2 aliphatic heterocycles. The quantitative estimate of drug-likeness (QED) is 0.144. The Kier molecular flexibility index (Phi) is 12.8. The molecule has 1 amide bonds. The molecule has 0 aromatic heterocycles. The van der Waals surface area contributed by atoms with Crippen molar-refractivity contribution in [3.63, 3.8) is 0 Å². The molecule has 3 rings (SSSR count). The third-order valence-corrected chi connectivity index (χ3v) is 7.54. The summed E-state index contributed by atoms with van der Waals surface area (Å²) in [5.41, 5.74) is 1.09. The van der Waals surface area contributed by atoms with Crippen molar-refractivity contribution >= 4 is 29.6 Å². The first kappa shape index (κ1) is 30.6. The number of hydrazine groups is 1. The minimum Gasteiger partial charge on any atom is -0.465 e. The molecule has 1 aromatic carbocycles. The van der Waals surface area contributed by atoms with Crippen molar-refractivity contribution in [2.45, 2.75) is 63.6 Å². The Morgan fingerprint density at radius 1 is 1.13 bits per heavy atom. The highest BCUT2D eigenvalue weighted by atomic mass is 32.2. The highest BCUT2D eigenvalue weighted by molar-refractivity contribution is 7.99. The molecule has 0 spiro atoms. The third-order valence-electron chi connectivity index (χ3n) is 6.63. The molecule has 2 heterocycles. The zero-order valence-electron chi connectivity index (χ0n) is 22.3. The van der Waals surface area contributed by atoms with Gasteiger partial charge < -0.3 is 14.3 Å². The van der Waals surface area contributed by atoms with E-state index in [0.29, 0.717) is 50.3 Å². The van der Waals surface area contributed by atoms with Crippen LogP contribution >= 0.6 is 11.8 Å². The van der Waals surface area contributed by atoms with Crippen LogP contribution in [0.1, 0.15) is 44.6 Å². The Labute approximate surface area is 232 Å². The van der Waals surface area contributed by atoms with E-state index in [9.17, 15) is 24.5 Å². The van der Waals surface area contributed by atoms with Gasteiger partial charge in [-0.25, -0.2) is 9.80 Å². The van der Waals surface area contributed by atoms with Gasteiger partial charge in [0.1, 0.15) is 25.3 Å². The van der Waals surface area contributed by atoms with E-state index in [1.165, 1.54) is 16.8 Å². The summed E-state index contributed by atoms with van der Waals surface area (Å²) in [4.78, 5) is 54.0. The maximum Gasteiger partial charge on any atom is 0.330 e. The fraction of sp³-hybridized carbons (Fsp3) is 0.654. The lowest BCUT2D eigenvalue weighted by molar-refractivity contribution is -0.756. The van der Waals surface area contributed by atoms with Crippen LogP contribution in [0.15, 0.2) is 30.3 Å². The van der Waals surface area contributed by atoms with Gasteiger partial charge in [0.2, 0.25) is 0 Å². The number of hydrogen-bond donors (Lipinski definition) is 1. The molecule has 0 aliphatic carbocycles. The Morgan fingerprint density at radius 3 is 2.56 bits per heavy atom. The number of benzene rings is 1. The van der Waals surface area contributed by atoms with Gasteiger partial charge in [0.05, 0.1) is 12.6 Å². The third kappa shape index (κ3) is 9.66. The van der Waals surface area contributed by atoms with Gasteiger partial charge >= 0.3 is 11.9 Å². The zero-order valence-corrected chi connectivity index (χ0v) is 23.1. The second-order valence-corrected chi connectivity index (χ2v) is 10.5. The second-order valence-electron chi connectivity index (χ2n) is 9.32. The summed E-state index contributed by atoms with van der Waals surface area (Å²) >= 11 is 1.38. The molecule has 1 N–H and O–H groups in total. The summed E-state index contributed by atoms with van der Waals surface area (Å²) in [6, 6.07) is 7.81. The van der Waals surface area contributed by atoms with Crippen molar-refractivity contribution in [3.05, 3.63) is 46.0 Å². The van der Waals surface area contributed by atoms with Gasteiger partial charge in [-0.3, -0.25) is 19.9 Å². The van der Waals surface area contributed by atoms with Crippen LogP contribution in [0.25, 0.3) is 0 Å². The van der Waals surface area contributed by atoms with Gasteiger partial charge in [0.25, 0.3) is 11.0 Å². The van der Waals surface area contributed by atoms with E-state index in [0.717, 1.165) is 18.4 Å². The molecule has 0 radical (unpaired) electrons. The van der Waals surface area contributed by atoms with Crippen molar-refractivity contribution in [1.29, 1.82) is 0 Å². The number of fused-ring (bicyclic) bond motifs is 1. The first-order valence-corrected chi connectivity index (χ1v) is 14.6. The van der Waals surface area contributed by atoms with Gasteiger partial charge in [0.15, 0.2) is 0 Å². The molecule has 12 nitrogen and oxygen atoms in total. The fourth-order valence-corrected chi connectivity index (χ4v) is 5.42. The van der Waals surface area contributed by atoms with E-state index < -0.39 is 35.2 Å². The molecule has 216 valence electrons. The molecule has 1 aromatic rings. The van der Waals surface area contributed by atoms with Gasteiger partial charge in [0, 0.05) is 24.6 Å². The first-order valence-electron chi connectivity index (χ1n) is 13.5. The molecular weight excluding hydrogens is 528 g/mol. The number of esters is 2. The van der Waals surface area contributed by atoms with E-state index in [2.05, 4.69) is 10.2 Å². The average molecular weight is 567 g/mol. The molecule has 2 fully saturated rings. The molecule has 0 saturated carbocycles. The standard InChI is InChI=1S/C26H38N4O8S/c1-2-36-25(32)22(13-12-20-8-4-3-5-9-20)27-21-10-6-14-28-15-7-11-23(29(28)24(21)31)26(33)37-16-18-39-19-17-38-30(34)35/h3-5,8-9,21-23,27H,2,6-7,10-19H2,1H3. The topological polar surface area (TPSA) is 141 Å². The number of hydrogen-bond acceptors (Lipinski definition) is 11. The number of rotatable bonds is 15. The minimum atomic E-state index is -0.839. The maximum absolute atomic E-state index is 13.8. The van der Waals surface area contributed by atoms with Crippen LogP contribution in [0.2, 0.25) is 0 Å². The second kappa shape index (κ2) is 16.3. The number of amides is 1. The van der Waals surface area contributed by atoms with Crippen LogP contribution in [0.3, 0.4) is 0 Å². The summed E-state index contributed by atoms with van der Waals surface area (Å²) in [7, 11) is 0. The monoisotopic (exact) mass is 566 g/mol. The first-order chi connectivity index (χ1) is 18.9. The van der Waals surface area contributed by atoms with Crippen LogP contribution in [0.5, 0.6) is 0 Å². The number of carbonyl (C=O) groups is 3. The highest BCUT2D eigenvalue weighted by Gasteiger charge is 2.43. The van der Waals surface area contributed by atoms with Crippen molar-refractivity contribution in [2.75, 3.05) is 44.4 Å². The van der Waals surface area contributed by atoms with Gasteiger partial charge in [-0.1, -0.05) is 30.3 Å². The zero-order chi connectivity index (χ0) is 28.0.